The van der Waals surface area contributed by atoms with Gasteiger partial charge in [-0.2, -0.15) is 0 Å². The van der Waals surface area contributed by atoms with E-state index in [9.17, 15) is 4.79 Å². The van der Waals surface area contributed by atoms with Crippen LogP contribution in [-0.2, 0) is 9.47 Å². The summed E-state index contributed by atoms with van der Waals surface area (Å²) in [5, 5.41) is 0.298. The van der Waals surface area contributed by atoms with Crippen molar-refractivity contribution in [3.63, 3.8) is 0 Å². The summed E-state index contributed by atoms with van der Waals surface area (Å²) in [6.45, 7) is 0. The third-order valence-corrected chi connectivity index (χ3v) is 1.31. The fourth-order valence-electron chi connectivity index (χ4n) is 0.295. The van der Waals surface area contributed by atoms with Crippen LogP contribution in [0.3, 0.4) is 0 Å². The van der Waals surface area contributed by atoms with E-state index >= 15 is 0 Å². The molecule has 0 aliphatic carbocycles. The molecule has 0 unspecified atom stereocenters. The Morgan fingerprint density at radius 2 is 2.00 bits per heavy atom. The van der Waals surface area contributed by atoms with Gasteiger partial charge >= 0.3 is 6.09 Å². The highest BCUT2D eigenvalue weighted by atomic mass is 32.2. The zero-order valence-electron chi connectivity index (χ0n) is 6.08. The van der Waals surface area contributed by atoms with Gasteiger partial charge in [0.05, 0.1) is 14.2 Å². The second kappa shape index (κ2) is 5.10. The lowest BCUT2D eigenvalue weighted by atomic mass is 11.1. The molecule has 0 aliphatic heterocycles. The van der Waals surface area contributed by atoms with Gasteiger partial charge in [0.1, 0.15) is 0 Å². The summed E-state index contributed by atoms with van der Waals surface area (Å²) in [5.74, 6) is 0. The van der Waals surface area contributed by atoms with Gasteiger partial charge in [0.15, 0.2) is 0 Å². The van der Waals surface area contributed by atoms with Gasteiger partial charge in [-0.3, -0.25) is 0 Å². The zero-order chi connectivity index (χ0) is 7.98. The van der Waals surface area contributed by atoms with Crippen molar-refractivity contribution in [2.75, 3.05) is 20.5 Å². The lowest BCUT2D eigenvalue weighted by molar-refractivity contribution is 0.182. The molecule has 0 saturated heterocycles. The maximum atomic E-state index is 10.4. The maximum Gasteiger partial charge on any atom is 0.437 e. The Kier molecular flexibility index (Phi) is 4.74. The summed E-state index contributed by atoms with van der Waals surface area (Å²) >= 11 is 1.24. The highest BCUT2D eigenvalue weighted by Gasteiger charge is 1.99. The Balaban J connectivity index is 3.96. The van der Waals surface area contributed by atoms with Crippen molar-refractivity contribution in [3.8, 4) is 0 Å². The highest BCUT2D eigenvalue weighted by Crippen LogP contribution is 1.99. The zero-order valence-corrected chi connectivity index (χ0v) is 6.90. The van der Waals surface area contributed by atoms with Crippen LogP contribution >= 0.6 is 11.8 Å². The number of methoxy groups -OCH3 is 2. The molecule has 0 heterocycles. The molecule has 0 rings (SSSR count). The smallest absolute Gasteiger partial charge is 0.437 e. The van der Waals surface area contributed by atoms with Gasteiger partial charge in [0.25, 0.3) is 5.23 Å². The van der Waals surface area contributed by atoms with E-state index in [0.29, 0.717) is 5.23 Å². The predicted molar refractivity (Wildman–Crippen MR) is 40.4 cm³/mol. The van der Waals surface area contributed by atoms with Crippen molar-refractivity contribution in [2.24, 2.45) is 4.99 Å². The lowest BCUT2D eigenvalue weighted by Gasteiger charge is -1.97. The van der Waals surface area contributed by atoms with E-state index in [1.165, 1.54) is 26.0 Å². The molecule has 0 atom stereocenters. The summed E-state index contributed by atoms with van der Waals surface area (Å²) in [4.78, 5) is 13.9. The Morgan fingerprint density at radius 3 is 2.30 bits per heavy atom. The topological polar surface area (TPSA) is 47.9 Å². The number of carbonyl (C=O) groups is 1. The van der Waals surface area contributed by atoms with E-state index in [2.05, 4.69) is 14.5 Å². The quantitative estimate of drug-likeness (QED) is 0.396. The lowest BCUT2D eigenvalue weighted by Crippen LogP contribution is -2.01. The summed E-state index contributed by atoms with van der Waals surface area (Å²) in [6, 6.07) is 0. The van der Waals surface area contributed by atoms with Gasteiger partial charge in [0.2, 0.25) is 0 Å². The third-order valence-electron chi connectivity index (χ3n) is 0.706. The van der Waals surface area contributed by atoms with Gasteiger partial charge in [-0.25, -0.2) is 4.79 Å². The fraction of sp³-hybridized carbons (Fsp3) is 0.600. The van der Waals surface area contributed by atoms with Crippen LogP contribution in [0.4, 0.5) is 4.79 Å². The van der Waals surface area contributed by atoms with Crippen LogP contribution in [0.5, 0.6) is 0 Å². The van der Waals surface area contributed by atoms with Crippen LogP contribution in [0, 0.1) is 0 Å². The van der Waals surface area contributed by atoms with Gasteiger partial charge in [-0.15, -0.1) is 4.99 Å². The molecule has 0 aromatic rings. The molecule has 0 saturated carbocycles. The molecule has 0 aromatic carbocycles. The number of amides is 1. The molecule has 5 heteroatoms. The molecule has 0 N–H and O–H groups in total. The normalized spacial score (nSPS) is 10.9. The van der Waals surface area contributed by atoms with E-state index in [-0.39, 0.29) is 0 Å². The summed E-state index contributed by atoms with van der Waals surface area (Å²) < 4.78 is 8.95. The predicted octanol–water partition coefficient (Wildman–Crippen LogP) is 1.12. The van der Waals surface area contributed by atoms with E-state index in [1.807, 2.05) is 0 Å². The first kappa shape index (κ1) is 9.29. The van der Waals surface area contributed by atoms with Gasteiger partial charge in [0, 0.05) is 0 Å². The summed E-state index contributed by atoms with van der Waals surface area (Å²) in [7, 11) is 2.71. The summed E-state index contributed by atoms with van der Waals surface area (Å²) in [5.41, 5.74) is 0. The Labute approximate surface area is 63.6 Å². The minimum atomic E-state index is -0.647. The van der Waals surface area contributed by atoms with Crippen LogP contribution in [0.1, 0.15) is 0 Å². The molecule has 10 heavy (non-hydrogen) atoms. The number of carbonyl (C=O) groups excluding carboxylic acids is 1. The molecule has 0 bridgehead atoms. The minimum Gasteiger partial charge on any atom is -0.476 e. The van der Waals surface area contributed by atoms with Crippen molar-refractivity contribution in [1.29, 1.82) is 0 Å². The largest absolute Gasteiger partial charge is 0.476 e. The van der Waals surface area contributed by atoms with Crippen molar-refractivity contribution in [2.45, 2.75) is 0 Å². The second-order valence-corrected chi connectivity index (χ2v) is 2.01. The molecule has 0 spiro atoms. The standard InChI is InChI=1S/C5H9NO3S/c1-8-4(7)6-5(9-2)10-3/h1-3H3/b6-5-. The molecular weight excluding hydrogens is 154 g/mol. The first-order chi connectivity index (χ1) is 4.74. The van der Waals surface area contributed by atoms with Crippen molar-refractivity contribution >= 4 is 23.1 Å². The number of ether oxygens (including phenoxy) is 2. The highest BCUT2D eigenvalue weighted by molar-refractivity contribution is 8.12. The summed E-state index contributed by atoms with van der Waals surface area (Å²) in [6.07, 6.45) is 1.11. The van der Waals surface area contributed by atoms with Gasteiger partial charge in [-0.1, -0.05) is 11.8 Å². The molecule has 0 fully saturated rings. The molecule has 0 aliphatic rings. The van der Waals surface area contributed by atoms with E-state index in [1.54, 1.807) is 6.26 Å². The molecular formula is C5H9NO3S. The minimum absolute atomic E-state index is 0.298. The monoisotopic (exact) mass is 163 g/mol. The fourth-order valence-corrected chi connectivity index (χ4v) is 0.627. The SMILES string of the molecule is COC(=O)/N=C(/OC)SC. The van der Waals surface area contributed by atoms with Crippen LogP contribution in [0.15, 0.2) is 4.99 Å². The Morgan fingerprint density at radius 1 is 1.40 bits per heavy atom. The molecule has 4 nitrogen and oxygen atoms in total. The van der Waals surface area contributed by atoms with E-state index < -0.39 is 6.09 Å². The average Bonchev–Trinajstić information content (AvgIpc) is 1.99. The average molecular weight is 163 g/mol. The number of aliphatic imine (C=N–C) groups is 1. The Hall–Kier alpha value is -0.710. The third kappa shape index (κ3) is 3.34. The van der Waals surface area contributed by atoms with E-state index in [0.717, 1.165) is 0 Å². The van der Waals surface area contributed by atoms with Gasteiger partial charge in [-0.05, 0) is 6.26 Å². The molecule has 0 aromatic heterocycles. The molecule has 1 amide bonds. The van der Waals surface area contributed by atoms with Crippen molar-refractivity contribution in [1.82, 2.24) is 0 Å². The molecule has 0 radical (unpaired) electrons. The van der Waals surface area contributed by atoms with Gasteiger partial charge < -0.3 is 9.47 Å². The first-order valence-corrected chi connectivity index (χ1v) is 3.71. The van der Waals surface area contributed by atoms with Crippen LogP contribution in [0.25, 0.3) is 0 Å². The number of rotatable bonds is 0. The Bertz CT molecular complexity index is 140. The number of hydrogen-bond donors (Lipinski definition) is 0. The number of nitrogens with zero attached hydrogens (tertiary/aromatic N) is 1. The van der Waals surface area contributed by atoms with E-state index in [4.69, 9.17) is 0 Å². The van der Waals surface area contributed by atoms with Crippen LogP contribution in [-0.4, -0.2) is 31.8 Å². The van der Waals surface area contributed by atoms with Crippen molar-refractivity contribution < 1.29 is 14.3 Å². The number of thioether (sulfide) groups is 1. The maximum absolute atomic E-state index is 10.4. The second-order valence-electron chi connectivity index (χ2n) is 1.26. The number of hydrogen-bond acceptors (Lipinski definition) is 4. The first-order valence-electron chi connectivity index (χ1n) is 2.49. The van der Waals surface area contributed by atoms with Crippen LogP contribution < -0.4 is 0 Å². The molecule has 58 valence electrons. The van der Waals surface area contributed by atoms with Crippen molar-refractivity contribution in [3.05, 3.63) is 0 Å². The van der Waals surface area contributed by atoms with Crippen LogP contribution in [0.2, 0.25) is 0 Å².